The lowest BCUT2D eigenvalue weighted by Crippen LogP contribution is -2.31. The predicted octanol–water partition coefficient (Wildman–Crippen LogP) is 3.40. The van der Waals surface area contributed by atoms with Gasteiger partial charge in [0, 0.05) is 22.1 Å². The van der Waals surface area contributed by atoms with E-state index in [-0.39, 0.29) is 11.2 Å². The third-order valence-electron chi connectivity index (χ3n) is 3.74. The van der Waals surface area contributed by atoms with Crippen molar-refractivity contribution < 1.29 is 4.79 Å². The Bertz CT molecular complexity index is 778. The Labute approximate surface area is 128 Å². The first-order valence-corrected chi connectivity index (χ1v) is 7.82. The Balaban J connectivity index is 1.91. The first-order valence-electron chi connectivity index (χ1n) is 6.94. The highest BCUT2D eigenvalue weighted by Crippen LogP contribution is 2.33. The molecule has 2 heterocycles. The number of fused-ring (bicyclic) bond motifs is 1. The van der Waals surface area contributed by atoms with E-state index in [0.717, 1.165) is 34.8 Å². The highest BCUT2D eigenvalue weighted by Gasteiger charge is 2.34. The van der Waals surface area contributed by atoms with Crippen LogP contribution in [-0.2, 0) is 6.42 Å². The molecule has 0 bridgehead atoms. The summed E-state index contributed by atoms with van der Waals surface area (Å²) in [5.74, 6) is 6.25. The lowest BCUT2D eigenvalue weighted by molar-refractivity contribution is 0.0809. The first-order chi connectivity index (χ1) is 9.95. The van der Waals surface area contributed by atoms with Crippen molar-refractivity contribution in [1.29, 1.82) is 0 Å². The molecule has 1 aliphatic carbocycles. The predicted molar refractivity (Wildman–Crippen MR) is 83.5 cm³/mol. The van der Waals surface area contributed by atoms with Crippen molar-refractivity contribution >= 4 is 17.1 Å². The van der Waals surface area contributed by atoms with E-state index in [0.29, 0.717) is 5.69 Å². The van der Waals surface area contributed by atoms with Gasteiger partial charge in [-0.05, 0) is 43.7 Å². The van der Waals surface area contributed by atoms with E-state index >= 15 is 0 Å². The van der Waals surface area contributed by atoms with Crippen LogP contribution in [0.1, 0.15) is 52.7 Å². The lowest BCUT2D eigenvalue weighted by atomic mass is 9.75. The van der Waals surface area contributed by atoms with E-state index in [1.54, 1.807) is 0 Å². The van der Waals surface area contributed by atoms with Crippen molar-refractivity contribution in [1.82, 2.24) is 9.97 Å². The molecule has 0 aromatic carbocycles. The van der Waals surface area contributed by atoms with Gasteiger partial charge >= 0.3 is 0 Å². The van der Waals surface area contributed by atoms with Gasteiger partial charge in [-0.1, -0.05) is 13.8 Å². The quantitative estimate of drug-likeness (QED) is 0.700. The van der Waals surface area contributed by atoms with Crippen LogP contribution < -0.4 is 0 Å². The molecule has 2 aromatic heterocycles. The fraction of sp³-hybridized carbons (Fsp3) is 0.353. The molecule has 0 N–H and O–H groups in total. The zero-order valence-corrected chi connectivity index (χ0v) is 13.2. The number of aromatic nitrogens is 2. The summed E-state index contributed by atoms with van der Waals surface area (Å²) in [5.41, 5.74) is 3.04. The van der Waals surface area contributed by atoms with Gasteiger partial charge in [0.2, 0.25) is 0 Å². The SMILES string of the molecule is Cc1csc(C#Cc2ccc3c(n2)CCC(C)(C)C3=O)n1. The molecule has 106 valence electrons. The molecule has 4 heteroatoms. The second-order valence-electron chi connectivity index (χ2n) is 5.95. The number of pyridine rings is 1. The third kappa shape index (κ3) is 2.74. The number of hydrogen-bond acceptors (Lipinski definition) is 4. The molecule has 3 rings (SSSR count). The second-order valence-corrected chi connectivity index (χ2v) is 6.81. The summed E-state index contributed by atoms with van der Waals surface area (Å²) in [6.45, 7) is 5.94. The van der Waals surface area contributed by atoms with Crippen LogP contribution >= 0.6 is 11.3 Å². The number of Topliss-reactive ketones (excluding diaryl/α,β-unsaturated/α-hetero) is 1. The van der Waals surface area contributed by atoms with Crippen molar-refractivity contribution in [2.75, 3.05) is 0 Å². The minimum absolute atomic E-state index is 0.186. The standard InChI is InChI=1S/C17H16N2OS/c1-11-10-21-15(18-11)7-5-12-4-6-13-14(19-12)8-9-17(2,3)16(13)20/h4,6,10H,8-9H2,1-3H3. The lowest BCUT2D eigenvalue weighted by Gasteiger charge is -2.28. The van der Waals surface area contributed by atoms with Crippen LogP contribution in [0.4, 0.5) is 0 Å². The van der Waals surface area contributed by atoms with Crippen molar-refractivity contribution in [3.8, 4) is 11.8 Å². The van der Waals surface area contributed by atoms with Gasteiger partial charge in [-0.3, -0.25) is 4.79 Å². The number of hydrogen-bond donors (Lipinski definition) is 0. The van der Waals surface area contributed by atoms with Crippen molar-refractivity contribution in [3.05, 3.63) is 45.2 Å². The molecule has 0 saturated heterocycles. The normalized spacial score (nSPS) is 16.0. The van der Waals surface area contributed by atoms with Crippen LogP contribution in [0, 0.1) is 24.2 Å². The summed E-state index contributed by atoms with van der Waals surface area (Å²) in [6.07, 6.45) is 1.67. The summed E-state index contributed by atoms with van der Waals surface area (Å²) in [7, 11) is 0. The fourth-order valence-corrected chi connectivity index (χ4v) is 3.05. The number of carbonyl (C=O) groups excluding carboxylic acids is 1. The number of nitrogens with zero attached hydrogens (tertiary/aromatic N) is 2. The topological polar surface area (TPSA) is 42.9 Å². The van der Waals surface area contributed by atoms with E-state index in [1.165, 1.54) is 11.3 Å². The molecule has 2 aromatic rings. The summed E-state index contributed by atoms with van der Waals surface area (Å²) in [6, 6.07) is 3.69. The fourth-order valence-electron chi connectivity index (χ4n) is 2.41. The molecule has 0 aliphatic heterocycles. The molecule has 0 fully saturated rings. The Morgan fingerprint density at radius 3 is 2.76 bits per heavy atom. The molecular formula is C17H16N2OS. The Morgan fingerprint density at radius 1 is 1.24 bits per heavy atom. The molecule has 0 saturated carbocycles. The molecule has 0 spiro atoms. The van der Waals surface area contributed by atoms with Crippen LogP contribution in [0.3, 0.4) is 0 Å². The second kappa shape index (κ2) is 5.09. The molecule has 1 aliphatic rings. The van der Waals surface area contributed by atoms with E-state index < -0.39 is 0 Å². The van der Waals surface area contributed by atoms with Gasteiger partial charge < -0.3 is 0 Å². The van der Waals surface area contributed by atoms with Gasteiger partial charge in [-0.2, -0.15) is 0 Å². The first kappa shape index (κ1) is 14.0. The van der Waals surface area contributed by atoms with E-state index in [2.05, 4.69) is 21.8 Å². The molecule has 0 unspecified atom stereocenters. The molecule has 0 radical (unpaired) electrons. The number of aryl methyl sites for hydroxylation is 2. The Morgan fingerprint density at radius 2 is 2.05 bits per heavy atom. The van der Waals surface area contributed by atoms with Gasteiger partial charge in [0.05, 0.1) is 5.69 Å². The number of rotatable bonds is 0. The van der Waals surface area contributed by atoms with E-state index in [1.807, 2.05) is 38.3 Å². The maximum absolute atomic E-state index is 12.3. The summed E-state index contributed by atoms with van der Waals surface area (Å²) < 4.78 is 0. The molecule has 3 nitrogen and oxygen atoms in total. The minimum atomic E-state index is -0.277. The average Bonchev–Trinajstić information content (AvgIpc) is 2.87. The van der Waals surface area contributed by atoms with Crippen LogP contribution in [0.15, 0.2) is 17.5 Å². The zero-order valence-electron chi connectivity index (χ0n) is 12.4. The Hall–Kier alpha value is -1.99. The zero-order chi connectivity index (χ0) is 15.0. The third-order valence-corrected chi connectivity index (χ3v) is 4.61. The highest BCUT2D eigenvalue weighted by atomic mass is 32.1. The van der Waals surface area contributed by atoms with Gasteiger partial charge in [0.15, 0.2) is 10.8 Å². The van der Waals surface area contributed by atoms with Crippen LogP contribution in [-0.4, -0.2) is 15.8 Å². The summed E-state index contributed by atoms with van der Waals surface area (Å²) in [4.78, 5) is 21.2. The van der Waals surface area contributed by atoms with Gasteiger partial charge in [-0.25, -0.2) is 9.97 Å². The average molecular weight is 296 g/mol. The van der Waals surface area contributed by atoms with Gasteiger partial charge in [0.25, 0.3) is 0 Å². The van der Waals surface area contributed by atoms with Crippen molar-refractivity contribution in [2.24, 2.45) is 5.41 Å². The van der Waals surface area contributed by atoms with Crippen molar-refractivity contribution in [3.63, 3.8) is 0 Å². The Kier molecular flexibility index (Phi) is 3.38. The molecule has 0 amide bonds. The maximum Gasteiger partial charge on any atom is 0.170 e. The monoisotopic (exact) mass is 296 g/mol. The number of thiazole rings is 1. The summed E-state index contributed by atoms with van der Waals surface area (Å²) in [5, 5.41) is 2.77. The highest BCUT2D eigenvalue weighted by molar-refractivity contribution is 7.10. The molecule has 21 heavy (non-hydrogen) atoms. The minimum Gasteiger partial charge on any atom is -0.294 e. The largest absolute Gasteiger partial charge is 0.294 e. The van der Waals surface area contributed by atoms with Crippen LogP contribution in [0.5, 0.6) is 0 Å². The molecule has 0 atom stereocenters. The number of ketones is 1. The smallest absolute Gasteiger partial charge is 0.170 e. The van der Waals surface area contributed by atoms with Crippen LogP contribution in [0.2, 0.25) is 0 Å². The summed E-state index contributed by atoms with van der Waals surface area (Å²) >= 11 is 1.53. The number of carbonyl (C=O) groups is 1. The van der Waals surface area contributed by atoms with E-state index in [4.69, 9.17) is 0 Å². The maximum atomic E-state index is 12.3. The van der Waals surface area contributed by atoms with Crippen LogP contribution in [0.25, 0.3) is 0 Å². The van der Waals surface area contributed by atoms with Gasteiger partial charge in [-0.15, -0.1) is 11.3 Å². The molecular weight excluding hydrogens is 280 g/mol. The van der Waals surface area contributed by atoms with Gasteiger partial charge in [0.1, 0.15) is 5.69 Å². The van der Waals surface area contributed by atoms with E-state index in [9.17, 15) is 4.79 Å². The van der Waals surface area contributed by atoms with Crippen molar-refractivity contribution in [2.45, 2.75) is 33.6 Å².